The van der Waals surface area contributed by atoms with Gasteiger partial charge in [0.15, 0.2) is 0 Å². The van der Waals surface area contributed by atoms with Gasteiger partial charge in [-0.1, -0.05) is 17.7 Å². The molecule has 0 saturated heterocycles. The number of nitrogens with zero attached hydrogens (tertiary/aromatic N) is 3. The van der Waals surface area contributed by atoms with E-state index in [-0.39, 0.29) is 16.4 Å². The molecule has 2 aromatic rings. The van der Waals surface area contributed by atoms with Crippen molar-refractivity contribution >= 4 is 34.9 Å². The lowest BCUT2D eigenvalue weighted by atomic mass is 10.2. The van der Waals surface area contributed by atoms with E-state index < -0.39 is 9.85 Å². The predicted octanol–water partition coefficient (Wildman–Crippen LogP) is 3.60. The van der Waals surface area contributed by atoms with Crippen LogP contribution in [0, 0.1) is 20.2 Å². The van der Waals surface area contributed by atoms with Gasteiger partial charge >= 0.3 is 0 Å². The highest BCUT2D eigenvalue weighted by atomic mass is 35.5. The van der Waals surface area contributed by atoms with E-state index in [4.69, 9.17) is 11.6 Å². The summed E-state index contributed by atoms with van der Waals surface area (Å²) in [5.41, 5.74) is 3.47. The normalized spacial score (nSPS) is 10.6. The number of benzene rings is 2. The number of hydrogen-bond acceptors (Lipinski definition) is 6. The van der Waals surface area contributed by atoms with Gasteiger partial charge in [0.2, 0.25) is 0 Å². The van der Waals surface area contributed by atoms with Crippen LogP contribution in [-0.4, -0.2) is 16.1 Å². The molecule has 0 fully saturated rings. The van der Waals surface area contributed by atoms with Crippen LogP contribution in [0.2, 0.25) is 5.02 Å². The van der Waals surface area contributed by atoms with Crippen molar-refractivity contribution in [1.82, 2.24) is 0 Å². The number of rotatable bonds is 5. The van der Waals surface area contributed by atoms with E-state index in [9.17, 15) is 20.2 Å². The smallest absolute Gasteiger partial charge is 0.278 e. The lowest BCUT2D eigenvalue weighted by molar-refractivity contribution is -0.385. The maximum Gasteiger partial charge on any atom is 0.288 e. The van der Waals surface area contributed by atoms with E-state index in [0.717, 1.165) is 0 Å². The average Bonchev–Trinajstić information content (AvgIpc) is 2.49. The van der Waals surface area contributed by atoms with Crippen LogP contribution in [0.3, 0.4) is 0 Å². The molecule has 0 aromatic heterocycles. The zero-order valence-electron chi connectivity index (χ0n) is 11.0. The fraction of sp³-hybridized carbons (Fsp3) is 0. The van der Waals surface area contributed by atoms with Crippen LogP contribution >= 0.6 is 11.6 Å². The molecule has 0 bridgehead atoms. The number of hydrogen-bond donors (Lipinski definition) is 1. The van der Waals surface area contributed by atoms with Crippen molar-refractivity contribution < 1.29 is 9.85 Å². The molecular weight excluding hydrogens is 312 g/mol. The van der Waals surface area contributed by atoms with Crippen molar-refractivity contribution in [3.63, 3.8) is 0 Å². The maximum atomic E-state index is 10.8. The second-order valence-electron chi connectivity index (χ2n) is 4.14. The molecule has 2 rings (SSSR count). The third-order valence-corrected chi connectivity index (χ3v) is 2.97. The summed E-state index contributed by atoms with van der Waals surface area (Å²) in [4.78, 5) is 20.2. The molecule has 0 aliphatic heterocycles. The predicted molar refractivity (Wildman–Crippen MR) is 82.4 cm³/mol. The Hall–Kier alpha value is -3.00. The number of hydrazone groups is 1. The van der Waals surface area contributed by atoms with Crippen LogP contribution in [0.15, 0.2) is 47.6 Å². The van der Waals surface area contributed by atoms with Crippen molar-refractivity contribution in [1.29, 1.82) is 0 Å². The number of non-ortho nitro benzene ring substituents is 1. The SMILES string of the molecule is O=[N+]([O-])c1ccc(N/N=C/c2ccc(Cl)c([N+](=O)[O-])c2)cc1. The van der Waals surface area contributed by atoms with Crippen LogP contribution in [0.1, 0.15) is 5.56 Å². The van der Waals surface area contributed by atoms with Gasteiger partial charge in [-0.15, -0.1) is 0 Å². The van der Waals surface area contributed by atoms with Crippen LogP contribution in [-0.2, 0) is 0 Å². The molecule has 1 N–H and O–H groups in total. The fourth-order valence-electron chi connectivity index (χ4n) is 1.59. The number of anilines is 1. The molecule has 0 saturated carbocycles. The molecule has 0 unspecified atom stereocenters. The molecule has 0 heterocycles. The third-order valence-electron chi connectivity index (χ3n) is 2.65. The largest absolute Gasteiger partial charge is 0.288 e. The Labute approximate surface area is 129 Å². The van der Waals surface area contributed by atoms with E-state index in [1.54, 1.807) is 6.07 Å². The standard InChI is InChI=1S/C13H9ClN4O4/c14-12-6-1-9(7-13(12)18(21)22)8-15-16-10-2-4-11(5-3-10)17(19)20/h1-8,16H/b15-8+. The summed E-state index contributed by atoms with van der Waals surface area (Å²) in [5.74, 6) is 0. The lowest BCUT2D eigenvalue weighted by Gasteiger charge is -2.00. The molecule has 2 aromatic carbocycles. The molecule has 112 valence electrons. The summed E-state index contributed by atoms with van der Waals surface area (Å²) in [6.07, 6.45) is 1.38. The van der Waals surface area contributed by atoms with Crippen molar-refractivity contribution in [2.75, 3.05) is 5.43 Å². The van der Waals surface area contributed by atoms with E-state index in [1.807, 2.05) is 0 Å². The van der Waals surface area contributed by atoms with Gasteiger partial charge in [0, 0.05) is 23.8 Å². The van der Waals surface area contributed by atoms with Gasteiger partial charge in [0.25, 0.3) is 11.4 Å². The van der Waals surface area contributed by atoms with E-state index in [0.29, 0.717) is 11.3 Å². The molecule has 0 aliphatic rings. The van der Waals surface area contributed by atoms with Gasteiger partial charge in [0.1, 0.15) is 5.02 Å². The van der Waals surface area contributed by atoms with Crippen LogP contribution in [0.4, 0.5) is 17.1 Å². The highest BCUT2D eigenvalue weighted by Gasteiger charge is 2.11. The molecule has 22 heavy (non-hydrogen) atoms. The summed E-state index contributed by atoms with van der Waals surface area (Å²) >= 11 is 5.70. The van der Waals surface area contributed by atoms with E-state index in [2.05, 4.69) is 10.5 Å². The Morgan fingerprint density at radius 2 is 1.73 bits per heavy atom. The number of nitro groups is 2. The zero-order valence-corrected chi connectivity index (χ0v) is 11.7. The van der Waals surface area contributed by atoms with Crippen LogP contribution in [0.5, 0.6) is 0 Å². The molecular formula is C13H9ClN4O4. The second-order valence-corrected chi connectivity index (χ2v) is 4.55. The Morgan fingerprint density at radius 1 is 1.05 bits per heavy atom. The molecule has 9 heteroatoms. The zero-order chi connectivity index (χ0) is 16.1. The van der Waals surface area contributed by atoms with Crippen molar-refractivity contribution in [3.05, 3.63) is 73.3 Å². The molecule has 0 atom stereocenters. The van der Waals surface area contributed by atoms with E-state index in [1.165, 1.54) is 42.6 Å². The average molecular weight is 321 g/mol. The van der Waals surface area contributed by atoms with Crippen molar-refractivity contribution in [3.8, 4) is 0 Å². The first-order valence-electron chi connectivity index (χ1n) is 5.95. The highest BCUT2D eigenvalue weighted by molar-refractivity contribution is 6.32. The monoisotopic (exact) mass is 320 g/mol. The number of nitrogens with one attached hydrogen (secondary N) is 1. The van der Waals surface area contributed by atoms with Gasteiger partial charge in [-0.2, -0.15) is 5.10 Å². The Balaban J connectivity index is 2.08. The lowest BCUT2D eigenvalue weighted by Crippen LogP contribution is -1.94. The minimum Gasteiger partial charge on any atom is -0.278 e. The minimum absolute atomic E-state index is 0.0251. The van der Waals surface area contributed by atoms with Crippen LogP contribution in [0.25, 0.3) is 0 Å². The minimum atomic E-state index is -0.580. The Kier molecular flexibility index (Phi) is 4.64. The van der Waals surface area contributed by atoms with Crippen LogP contribution < -0.4 is 5.43 Å². The van der Waals surface area contributed by atoms with Gasteiger partial charge in [-0.25, -0.2) is 0 Å². The Morgan fingerprint density at radius 3 is 2.32 bits per heavy atom. The first kappa shape index (κ1) is 15.4. The molecule has 0 aliphatic carbocycles. The molecule has 0 spiro atoms. The summed E-state index contributed by atoms with van der Waals surface area (Å²) in [7, 11) is 0. The number of nitro benzene ring substituents is 2. The third kappa shape index (κ3) is 3.76. The highest BCUT2D eigenvalue weighted by Crippen LogP contribution is 2.24. The van der Waals surface area contributed by atoms with Crippen molar-refractivity contribution in [2.24, 2.45) is 5.10 Å². The topological polar surface area (TPSA) is 111 Å². The summed E-state index contributed by atoms with van der Waals surface area (Å²) < 4.78 is 0. The molecule has 0 amide bonds. The van der Waals surface area contributed by atoms with E-state index >= 15 is 0 Å². The summed E-state index contributed by atoms with van der Waals surface area (Å²) in [6.45, 7) is 0. The second kappa shape index (κ2) is 6.64. The summed E-state index contributed by atoms with van der Waals surface area (Å²) in [5, 5.41) is 25.2. The Bertz CT molecular complexity index is 746. The quantitative estimate of drug-likeness (QED) is 0.514. The van der Waals surface area contributed by atoms with Gasteiger partial charge < -0.3 is 0 Å². The number of halogens is 1. The van der Waals surface area contributed by atoms with Gasteiger partial charge in [0.05, 0.1) is 21.7 Å². The first-order chi connectivity index (χ1) is 10.5. The molecule has 8 nitrogen and oxygen atoms in total. The fourth-order valence-corrected chi connectivity index (χ4v) is 1.78. The van der Waals surface area contributed by atoms with Gasteiger partial charge in [-0.3, -0.25) is 25.7 Å². The van der Waals surface area contributed by atoms with Gasteiger partial charge in [-0.05, 0) is 18.2 Å². The summed E-state index contributed by atoms with van der Waals surface area (Å²) in [6, 6.07) is 9.96. The maximum absolute atomic E-state index is 10.8. The molecule has 0 radical (unpaired) electrons. The first-order valence-corrected chi connectivity index (χ1v) is 6.32. The van der Waals surface area contributed by atoms with Crippen molar-refractivity contribution in [2.45, 2.75) is 0 Å².